The Morgan fingerprint density at radius 3 is 3.00 bits per heavy atom. The third-order valence-electron chi connectivity index (χ3n) is 3.29. The van der Waals surface area contributed by atoms with E-state index in [2.05, 4.69) is 10.3 Å². The largest absolute Gasteiger partial charge is 0.365 e. The number of hydrogen-bond acceptors (Lipinski definition) is 2. The molecule has 1 aliphatic rings. The molecule has 0 aromatic carbocycles. The smallest absolute Gasteiger partial charge is 0.253 e. The minimum Gasteiger partial charge on any atom is -0.365 e. The zero-order valence-corrected chi connectivity index (χ0v) is 10.7. The molecule has 0 bridgehead atoms. The number of aryl methyl sites for hydroxylation is 1. The van der Waals surface area contributed by atoms with Gasteiger partial charge >= 0.3 is 0 Å². The van der Waals surface area contributed by atoms with Crippen molar-refractivity contribution in [2.45, 2.75) is 26.2 Å². The lowest BCUT2D eigenvalue weighted by Crippen LogP contribution is -2.41. The molecule has 1 aromatic rings. The van der Waals surface area contributed by atoms with Gasteiger partial charge < -0.3 is 15.2 Å². The first-order valence-corrected chi connectivity index (χ1v) is 6.38. The van der Waals surface area contributed by atoms with E-state index in [0.717, 1.165) is 25.1 Å². The zero-order chi connectivity index (χ0) is 13.0. The van der Waals surface area contributed by atoms with Crippen molar-refractivity contribution in [2.24, 2.45) is 0 Å². The third kappa shape index (κ3) is 2.91. The molecule has 98 valence electrons. The summed E-state index contributed by atoms with van der Waals surface area (Å²) in [6.45, 7) is 3.80. The van der Waals surface area contributed by atoms with E-state index in [1.807, 2.05) is 11.8 Å². The molecule has 0 atom stereocenters. The first-order chi connectivity index (χ1) is 8.68. The average Bonchev–Trinajstić information content (AvgIpc) is 2.78. The highest BCUT2D eigenvalue weighted by Gasteiger charge is 2.17. The van der Waals surface area contributed by atoms with Gasteiger partial charge in [0.15, 0.2) is 0 Å². The number of piperidine rings is 1. The van der Waals surface area contributed by atoms with E-state index in [0.29, 0.717) is 25.1 Å². The number of carbonyl (C=O) groups excluding carboxylic acids is 2. The minimum absolute atomic E-state index is 0.0850. The van der Waals surface area contributed by atoms with Crippen LogP contribution in [0.2, 0.25) is 0 Å². The highest BCUT2D eigenvalue weighted by molar-refractivity contribution is 5.95. The van der Waals surface area contributed by atoms with E-state index < -0.39 is 0 Å². The fourth-order valence-corrected chi connectivity index (χ4v) is 2.20. The summed E-state index contributed by atoms with van der Waals surface area (Å²) in [6.07, 6.45) is 4.45. The Hall–Kier alpha value is -1.78. The number of nitrogens with zero attached hydrogens (tertiary/aromatic N) is 1. The summed E-state index contributed by atoms with van der Waals surface area (Å²) in [5, 5.41) is 2.84. The Morgan fingerprint density at radius 2 is 2.33 bits per heavy atom. The second kappa shape index (κ2) is 5.71. The van der Waals surface area contributed by atoms with E-state index in [9.17, 15) is 9.59 Å². The lowest BCUT2D eigenvalue weighted by Gasteiger charge is -2.26. The molecule has 2 amide bonds. The van der Waals surface area contributed by atoms with Crippen LogP contribution in [-0.2, 0) is 4.79 Å². The molecule has 1 saturated heterocycles. The molecule has 0 saturated carbocycles. The molecule has 5 heteroatoms. The normalized spacial score (nSPS) is 15.8. The van der Waals surface area contributed by atoms with Crippen molar-refractivity contribution in [3.63, 3.8) is 0 Å². The fraction of sp³-hybridized carbons (Fsp3) is 0.538. The predicted molar refractivity (Wildman–Crippen MR) is 68.3 cm³/mol. The summed E-state index contributed by atoms with van der Waals surface area (Å²) in [6, 6.07) is 1.76. The number of H-pyrrole nitrogens is 1. The molecule has 0 aliphatic carbocycles. The molecular formula is C13H19N3O2. The van der Waals surface area contributed by atoms with Crippen molar-refractivity contribution in [3.8, 4) is 0 Å². The van der Waals surface area contributed by atoms with Crippen LogP contribution >= 0.6 is 0 Å². The third-order valence-corrected chi connectivity index (χ3v) is 3.29. The van der Waals surface area contributed by atoms with Gasteiger partial charge in [0.2, 0.25) is 5.91 Å². The molecule has 0 spiro atoms. The van der Waals surface area contributed by atoms with Crippen molar-refractivity contribution in [2.75, 3.05) is 19.6 Å². The molecule has 0 radical (unpaired) electrons. The molecule has 5 nitrogen and oxygen atoms in total. The summed E-state index contributed by atoms with van der Waals surface area (Å²) in [5.74, 6) is 0.117. The van der Waals surface area contributed by atoms with Crippen LogP contribution in [0.4, 0.5) is 0 Å². The molecule has 18 heavy (non-hydrogen) atoms. The van der Waals surface area contributed by atoms with Gasteiger partial charge in [0, 0.05) is 37.9 Å². The number of hydrogen-bond donors (Lipinski definition) is 2. The summed E-state index contributed by atoms with van der Waals surface area (Å²) >= 11 is 0. The van der Waals surface area contributed by atoms with E-state index in [1.54, 1.807) is 12.3 Å². The Balaban J connectivity index is 1.77. The molecule has 2 N–H and O–H groups in total. The van der Waals surface area contributed by atoms with Crippen LogP contribution in [0.15, 0.2) is 12.3 Å². The van der Waals surface area contributed by atoms with E-state index in [1.165, 1.54) is 0 Å². The van der Waals surface area contributed by atoms with E-state index in [-0.39, 0.29) is 11.8 Å². The summed E-state index contributed by atoms with van der Waals surface area (Å²) in [4.78, 5) is 28.2. The lowest BCUT2D eigenvalue weighted by molar-refractivity contribution is -0.133. The fourth-order valence-electron chi connectivity index (χ4n) is 2.20. The Bertz CT molecular complexity index is 439. The number of amides is 2. The highest BCUT2D eigenvalue weighted by atomic mass is 16.2. The SMILES string of the molecule is Cc1[nH]ccc1C(=O)NCCN1CCCCC1=O. The van der Waals surface area contributed by atoms with Gasteiger partial charge in [0.1, 0.15) is 0 Å². The number of rotatable bonds is 4. The molecule has 0 unspecified atom stereocenters. The summed E-state index contributed by atoms with van der Waals surface area (Å²) in [5.41, 5.74) is 1.53. The second-order valence-electron chi connectivity index (χ2n) is 4.61. The minimum atomic E-state index is -0.0850. The van der Waals surface area contributed by atoms with Crippen molar-refractivity contribution in [1.29, 1.82) is 0 Å². The van der Waals surface area contributed by atoms with Crippen molar-refractivity contribution < 1.29 is 9.59 Å². The van der Waals surface area contributed by atoms with Crippen LogP contribution in [-0.4, -0.2) is 41.3 Å². The van der Waals surface area contributed by atoms with Gasteiger partial charge in [-0.25, -0.2) is 0 Å². The monoisotopic (exact) mass is 249 g/mol. The standard InChI is InChI=1S/C13H19N3O2/c1-10-11(5-6-14-10)13(18)15-7-9-16-8-3-2-4-12(16)17/h5-6,14H,2-4,7-9H2,1H3,(H,15,18). The quantitative estimate of drug-likeness (QED) is 0.838. The van der Waals surface area contributed by atoms with E-state index >= 15 is 0 Å². The molecular weight excluding hydrogens is 230 g/mol. The van der Waals surface area contributed by atoms with Gasteiger partial charge in [0.05, 0.1) is 5.56 Å². The maximum absolute atomic E-state index is 11.8. The van der Waals surface area contributed by atoms with Crippen molar-refractivity contribution in [3.05, 3.63) is 23.5 Å². The van der Waals surface area contributed by atoms with Crippen LogP contribution < -0.4 is 5.32 Å². The Labute approximate surface area is 107 Å². The van der Waals surface area contributed by atoms with Crippen molar-refractivity contribution in [1.82, 2.24) is 15.2 Å². The van der Waals surface area contributed by atoms with Gasteiger partial charge in [-0.3, -0.25) is 9.59 Å². The Kier molecular flexibility index (Phi) is 4.02. The molecule has 1 fully saturated rings. The summed E-state index contributed by atoms with van der Waals surface area (Å²) in [7, 11) is 0. The van der Waals surface area contributed by atoms with Gasteiger partial charge in [-0.2, -0.15) is 0 Å². The number of nitrogens with one attached hydrogen (secondary N) is 2. The van der Waals surface area contributed by atoms with Crippen LogP contribution in [0.5, 0.6) is 0 Å². The average molecular weight is 249 g/mol. The summed E-state index contributed by atoms with van der Waals surface area (Å²) < 4.78 is 0. The van der Waals surface area contributed by atoms with Crippen LogP contribution in [0.3, 0.4) is 0 Å². The zero-order valence-electron chi connectivity index (χ0n) is 10.7. The number of carbonyl (C=O) groups is 2. The highest BCUT2D eigenvalue weighted by Crippen LogP contribution is 2.09. The molecule has 2 heterocycles. The molecule has 2 rings (SSSR count). The van der Waals surface area contributed by atoms with Gasteiger partial charge in [-0.05, 0) is 25.8 Å². The number of likely N-dealkylation sites (tertiary alicyclic amines) is 1. The topological polar surface area (TPSA) is 65.2 Å². The lowest BCUT2D eigenvalue weighted by atomic mass is 10.1. The first kappa shape index (κ1) is 12.7. The maximum atomic E-state index is 11.8. The van der Waals surface area contributed by atoms with E-state index in [4.69, 9.17) is 0 Å². The second-order valence-corrected chi connectivity index (χ2v) is 4.61. The number of aromatic amines is 1. The molecule has 1 aliphatic heterocycles. The van der Waals surface area contributed by atoms with Crippen LogP contribution in [0.25, 0.3) is 0 Å². The first-order valence-electron chi connectivity index (χ1n) is 6.38. The van der Waals surface area contributed by atoms with Crippen LogP contribution in [0.1, 0.15) is 35.3 Å². The Morgan fingerprint density at radius 1 is 1.50 bits per heavy atom. The van der Waals surface area contributed by atoms with Crippen LogP contribution in [0, 0.1) is 6.92 Å². The van der Waals surface area contributed by atoms with Gasteiger partial charge in [-0.15, -0.1) is 0 Å². The molecule has 1 aromatic heterocycles. The maximum Gasteiger partial charge on any atom is 0.253 e. The predicted octanol–water partition coefficient (Wildman–Crippen LogP) is 1.07. The number of aromatic nitrogens is 1. The van der Waals surface area contributed by atoms with Gasteiger partial charge in [0.25, 0.3) is 5.91 Å². The van der Waals surface area contributed by atoms with Gasteiger partial charge in [-0.1, -0.05) is 0 Å². The van der Waals surface area contributed by atoms with Crippen molar-refractivity contribution >= 4 is 11.8 Å².